The quantitative estimate of drug-likeness (QED) is 0.844. The molecule has 2 aliphatic rings. The van der Waals surface area contributed by atoms with Crippen molar-refractivity contribution in [1.29, 1.82) is 0 Å². The lowest BCUT2D eigenvalue weighted by Gasteiger charge is -2.43. The van der Waals surface area contributed by atoms with Crippen LogP contribution in [0.3, 0.4) is 0 Å². The molecule has 2 aliphatic heterocycles. The number of nitrogens with two attached hydrogens (primary N) is 1. The highest BCUT2D eigenvalue weighted by atomic mass is 16.5. The molecule has 104 valence electrons. The van der Waals surface area contributed by atoms with Crippen molar-refractivity contribution in [2.75, 3.05) is 25.6 Å². The molecule has 2 N–H and O–H groups in total. The summed E-state index contributed by atoms with van der Waals surface area (Å²) in [6.45, 7) is 4.51. The van der Waals surface area contributed by atoms with Crippen LogP contribution in [0.25, 0.3) is 0 Å². The Kier molecular flexibility index (Phi) is 3.46. The minimum absolute atomic E-state index is 0.0113. The van der Waals surface area contributed by atoms with Crippen LogP contribution in [0.1, 0.15) is 42.7 Å². The molecule has 19 heavy (non-hydrogen) atoms. The summed E-state index contributed by atoms with van der Waals surface area (Å²) in [4.78, 5) is 4.30. The molecule has 2 fully saturated rings. The largest absolute Gasteiger partial charge is 0.383 e. The Morgan fingerprint density at radius 1 is 1.32 bits per heavy atom. The van der Waals surface area contributed by atoms with Gasteiger partial charge in [0.25, 0.3) is 0 Å². The van der Waals surface area contributed by atoms with Crippen LogP contribution < -0.4 is 5.73 Å². The van der Waals surface area contributed by atoms with Gasteiger partial charge in [0.15, 0.2) is 0 Å². The van der Waals surface area contributed by atoms with E-state index >= 15 is 0 Å². The lowest BCUT2D eigenvalue weighted by Crippen LogP contribution is -2.43. The first-order valence-electron chi connectivity index (χ1n) is 7.12. The molecule has 0 radical (unpaired) electrons. The van der Waals surface area contributed by atoms with E-state index in [9.17, 15) is 0 Å². The highest BCUT2D eigenvalue weighted by Crippen LogP contribution is 2.42. The van der Waals surface area contributed by atoms with Gasteiger partial charge in [0.1, 0.15) is 5.82 Å². The molecule has 1 spiro atoms. The van der Waals surface area contributed by atoms with Crippen LogP contribution in [-0.2, 0) is 9.47 Å². The molecule has 0 amide bonds. The number of pyridine rings is 1. The molecule has 1 atom stereocenters. The average Bonchev–Trinajstić information content (AvgIpc) is 2.42. The normalized spacial score (nSPS) is 26.5. The highest BCUT2D eigenvalue weighted by Gasteiger charge is 2.39. The van der Waals surface area contributed by atoms with E-state index in [-0.39, 0.29) is 5.60 Å². The molecule has 0 aliphatic carbocycles. The monoisotopic (exact) mass is 262 g/mol. The second-order valence-corrected chi connectivity index (χ2v) is 5.82. The van der Waals surface area contributed by atoms with Gasteiger partial charge in [-0.25, -0.2) is 4.98 Å². The van der Waals surface area contributed by atoms with Crippen LogP contribution in [0.15, 0.2) is 12.3 Å². The van der Waals surface area contributed by atoms with Gasteiger partial charge in [-0.3, -0.25) is 0 Å². The lowest BCUT2D eigenvalue weighted by atomic mass is 9.78. The van der Waals surface area contributed by atoms with E-state index in [0.29, 0.717) is 11.7 Å². The van der Waals surface area contributed by atoms with E-state index in [0.717, 1.165) is 45.5 Å². The highest BCUT2D eigenvalue weighted by molar-refractivity contribution is 5.43. The molecule has 0 aromatic carbocycles. The average molecular weight is 262 g/mol. The Balaban J connectivity index is 1.82. The van der Waals surface area contributed by atoms with E-state index in [4.69, 9.17) is 15.2 Å². The third-order valence-electron chi connectivity index (χ3n) is 4.42. The molecule has 2 saturated heterocycles. The summed E-state index contributed by atoms with van der Waals surface area (Å²) < 4.78 is 11.6. The summed E-state index contributed by atoms with van der Waals surface area (Å²) in [6.07, 6.45) is 5.93. The molecule has 4 nitrogen and oxygen atoms in total. The number of hydrogen-bond acceptors (Lipinski definition) is 4. The van der Waals surface area contributed by atoms with Crippen LogP contribution in [0, 0.1) is 6.92 Å². The van der Waals surface area contributed by atoms with E-state index in [2.05, 4.69) is 18.0 Å². The van der Waals surface area contributed by atoms with Crippen molar-refractivity contribution in [3.63, 3.8) is 0 Å². The van der Waals surface area contributed by atoms with Crippen molar-refractivity contribution in [1.82, 2.24) is 4.98 Å². The van der Waals surface area contributed by atoms with E-state index in [1.807, 2.05) is 6.20 Å². The molecule has 0 saturated carbocycles. The number of nitrogen functional groups attached to an aromatic ring is 1. The summed E-state index contributed by atoms with van der Waals surface area (Å²) in [5.41, 5.74) is 8.45. The van der Waals surface area contributed by atoms with Crippen molar-refractivity contribution >= 4 is 5.82 Å². The summed E-state index contributed by atoms with van der Waals surface area (Å²) in [5.74, 6) is 1.15. The predicted molar refractivity (Wildman–Crippen MR) is 74.1 cm³/mol. The van der Waals surface area contributed by atoms with Crippen LogP contribution in [-0.4, -0.2) is 30.4 Å². The number of rotatable bonds is 1. The minimum Gasteiger partial charge on any atom is -0.383 e. The zero-order valence-corrected chi connectivity index (χ0v) is 11.5. The zero-order chi connectivity index (χ0) is 13.3. The maximum Gasteiger partial charge on any atom is 0.126 e. The number of hydrogen-bond donors (Lipinski definition) is 1. The second-order valence-electron chi connectivity index (χ2n) is 5.82. The molecular weight excluding hydrogens is 240 g/mol. The molecule has 3 heterocycles. The van der Waals surface area contributed by atoms with Crippen molar-refractivity contribution in [2.24, 2.45) is 0 Å². The lowest BCUT2D eigenvalue weighted by molar-refractivity contribution is -0.138. The Bertz CT molecular complexity index is 450. The van der Waals surface area contributed by atoms with Gasteiger partial charge in [0.05, 0.1) is 5.60 Å². The Labute approximate surface area is 114 Å². The fourth-order valence-corrected chi connectivity index (χ4v) is 3.31. The van der Waals surface area contributed by atoms with Gasteiger partial charge in [-0.05, 0) is 49.7 Å². The number of aryl methyl sites for hydroxylation is 1. The van der Waals surface area contributed by atoms with Crippen molar-refractivity contribution in [3.8, 4) is 0 Å². The first kappa shape index (κ1) is 12.9. The molecule has 1 aromatic rings. The minimum atomic E-state index is 0.0113. The van der Waals surface area contributed by atoms with Crippen molar-refractivity contribution in [2.45, 2.75) is 44.1 Å². The van der Waals surface area contributed by atoms with E-state index < -0.39 is 0 Å². The van der Waals surface area contributed by atoms with Gasteiger partial charge < -0.3 is 15.2 Å². The van der Waals surface area contributed by atoms with E-state index in [1.165, 1.54) is 11.1 Å². The standard InChI is InChI=1S/C15H22N2O2/c1-11-8-13(14(16)17-10-11)12-2-5-19-15(9-12)3-6-18-7-4-15/h8,10,12H,2-7,9H2,1H3,(H2,16,17). The SMILES string of the molecule is Cc1cnc(N)c(C2CCOC3(CCOCC3)C2)c1. The van der Waals surface area contributed by atoms with Crippen LogP contribution in [0.5, 0.6) is 0 Å². The van der Waals surface area contributed by atoms with Gasteiger partial charge in [-0.2, -0.15) is 0 Å². The van der Waals surface area contributed by atoms with Crippen molar-refractivity contribution < 1.29 is 9.47 Å². The first-order valence-corrected chi connectivity index (χ1v) is 7.12. The predicted octanol–water partition coefficient (Wildman–Crippen LogP) is 2.42. The van der Waals surface area contributed by atoms with Gasteiger partial charge in [0, 0.05) is 26.0 Å². The fraction of sp³-hybridized carbons (Fsp3) is 0.667. The summed E-state index contributed by atoms with van der Waals surface area (Å²) >= 11 is 0. The molecule has 1 unspecified atom stereocenters. The second kappa shape index (κ2) is 5.10. The van der Waals surface area contributed by atoms with Crippen molar-refractivity contribution in [3.05, 3.63) is 23.4 Å². The first-order chi connectivity index (χ1) is 9.19. The molecule has 4 heteroatoms. The topological polar surface area (TPSA) is 57.4 Å². The zero-order valence-electron chi connectivity index (χ0n) is 11.5. The maximum atomic E-state index is 6.09. The van der Waals surface area contributed by atoms with Gasteiger partial charge >= 0.3 is 0 Å². The number of nitrogens with zero attached hydrogens (tertiary/aromatic N) is 1. The Morgan fingerprint density at radius 2 is 2.11 bits per heavy atom. The van der Waals surface area contributed by atoms with Crippen LogP contribution >= 0.6 is 0 Å². The van der Waals surface area contributed by atoms with Crippen LogP contribution in [0.2, 0.25) is 0 Å². The number of ether oxygens (including phenoxy) is 2. The summed E-state index contributed by atoms with van der Waals surface area (Å²) in [5, 5.41) is 0. The number of anilines is 1. The van der Waals surface area contributed by atoms with Gasteiger partial charge in [-0.1, -0.05) is 6.07 Å². The Hall–Kier alpha value is -1.13. The third-order valence-corrected chi connectivity index (χ3v) is 4.42. The van der Waals surface area contributed by atoms with E-state index in [1.54, 1.807) is 0 Å². The summed E-state index contributed by atoms with van der Waals surface area (Å²) in [6, 6.07) is 2.19. The smallest absolute Gasteiger partial charge is 0.126 e. The van der Waals surface area contributed by atoms with Gasteiger partial charge in [0.2, 0.25) is 0 Å². The Morgan fingerprint density at radius 3 is 2.89 bits per heavy atom. The maximum absolute atomic E-state index is 6.09. The third kappa shape index (κ3) is 2.60. The molecule has 0 bridgehead atoms. The molecule has 1 aromatic heterocycles. The van der Waals surface area contributed by atoms with Gasteiger partial charge in [-0.15, -0.1) is 0 Å². The molecule has 3 rings (SSSR count). The molecular formula is C15H22N2O2. The fourth-order valence-electron chi connectivity index (χ4n) is 3.31. The number of aromatic nitrogens is 1. The van der Waals surface area contributed by atoms with Crippen LogP contribution in [0.4, 0.5) is 5.82 Å². The summed E-state index contributed by atoms with van der Waals surface area (Å²) in [7, 11) is 0.